The van der Waals surface area contributed by atoms with Crippen molar-refractivity contribution in [2.24, 2.45) is 0 Å². The normalized spacial score (nSPS) is 20.7. The highest BCUT2D eigenvalue weighted by atomic mass is 16.5. The second-order valence-corrected chi connectivity index (χ2v) is 5.03. The quantitative estimate of drug-likeness (QED) is 0.815. The van der Waals surface area contributed by atoms with Crippen molar-refractivity contribution in [1.29, 1.82) is 0 Å². The summed E-state index contributed by atoms with van der Waals surface area (Å²) in [6, 6.07) is 8.23. The summed E-state index contributed by atoms with van der Waals surface area (Å²) in [4.78, 5) is 2.35. The summed E-state index contributed by atoms with van der Waals surface area (Å²) in [5, 5.41) is 13.8. The van der Waals surface area contributed by atoms with Crippen molar-refractivity contribution in [3.8, 4) is 5.75 Å². The molecule has 0 bridgehead atoms. The maximum atomic E-state index is 10.4. The van der Waals surface area contributed by atoms with Crippen LogP contribution in [0.2, 0.25) is 0 Å². The minimum atomic E-state index is -0.462. The molecule has 1 aromatic carbocycles. The van der Waals surface area contributed by atoms with Gasteiger partial charge in [0, 0.05) is 19.1 Å². The number of aliphatic hydroxyl groups is 1. The zero-order chi connectivity index (χ0) is 13.7. The first-order valence-electron chi connectivity index (χ1n) is 7.01. The lowest BCUT2D eigenvalue weighted by molar-refractivity contribution is 0.0947. The number of benzene rings is 1. The van der Waals surface area contributed by atoms with Crippen molar-refractivity contribution in [2.75, 3.05) is 33.3 Å². The number of rotatable bonds is 6. The molecule has 106 valence electrons. The molecule has 1 aromatic rings. The number of nitrogens with zero attached hydrogens (tertiary/aromatic N) is 1. The van der Waals surface area contributed by atoms with Gasteiger partial charge in [0.25, 0.3) is 0 Å². The largest absolute Gasteiger partial charge is 0.497 e. The van der Waals surface area contributed by atoms with Gasteiger partial charge in [0.05, 0.1) is 13.2 Å². The number of nitrogens with one attached hydrogen (secondary N) is 1. The highest BCUT2D eigenvalue weighted by molar-refractivity contribution is 5.29. The summed E-state index contributed by atoms with van der Waals surface area (Å²) in [5.74, 6) is 0.794. The predicted molar refractivity (Wildman–Crippen MR) is 76.5 cm³/mol. The molecule has 4 heteroatoms. The Kier molecular flexibility index (Phi) is 5.19. The number of hydrogen-bond donors (Lipinski definition) is 2. The SMILES string of the molecule is CCN(CC(O)c1cccc(OC)c1)C1CCNC1. The first-order chi connectivity index (χ1) is 9.24. The molecule has 2 atom stereocenters. The molecule has 1 aliphatic heterocycles. The topological polar surface area (TPSA) is 44.7 Å². The van der Waals surface area contributed by atoms with Crippen LogP contribution in [0.15, 0.2) is 24.3 Å². The van der Waals surface area contributed by atoms with Crippen molar-refractivity contribution >= 4 is 0 Å². The van der Waals surface area contributed by atoms with Crippen LogP contribution in [0.4, 0.5) is 0 Å². The molecule has 0 aromatic heterocycles. The van der Waals surface area contributed by atoms with Crippen LogP contribution >= 0.6 is 0 Å². The molecule has 0 aliphatic carbocycles. The Balaban J connectivity index is 1.99. The molecule has 1 heterocycles. The Morgan fingerprint density at radius 3 is 3.00 bits per heavy atom. The molecule has 1 saturated heterocycles. The van der Waals surface area contributed by atoms with Gasteiger partial charge in [-0.05, 0) is 37.2 Å². The van der Waals surface area contributed by atoms with E-state index >= 15 is 0 Å². The maximum absolute atomic E-state index is 10.4. The third kappa shape index (κ3) is 3.69. The first kappa shape index (κ1) is 14.3. The second-order valence-electron chi connectivity index (χ2n) is 5.03. The fraction of sp³-hybridized carbons (Fsp3) is 0.600. The van der Waals surface area contributed by atoms with Crippen molar-refractivity contribution in [3.05, 3.63) is 29.8 Å². The van der Waals surface area contributed by atoms with Crippen molar-refractivity contribution in [3.63, 3.8) is 0 Å². The van der Waals surface area contributed by atoms with E-state index in [1.165, 1.54) is 6.42 Å². The molecule has 1 fully saturated rings. The third-order valence-corrected chi connectivity index (χ3v) is 3.84. The Morgan fingerprint density at radius 2 is 2.37 bits per heavy atom. The standard InChI is InChI=1S/C15H24N2O2/c1-3-17(13-7-8-16-10-13)11-15(18)12-5-4-6-14(9-12)19-2/h4-6,9,13,15-16,18H,3,7-8,10-11H2,1-2H3. The highest BCUT2D eigenvalue weighted by Gasteiger charge is 2.23. The average Bonchev–Trinajstić information content (AvgIpc) is 2.98. The number of aliphatic hydroxyl groups excluding tert-OH is 1. The van der Waals surface area contributed by atoms with Gasteiger partial charge in [0.1, 0.15) is 5.75 Å². The Labute approximate surface area is 115 Å². The average molecular weight is 264 g/mol. The van der Waals surface area contributed by atoms with Crippen molar-refractivity contribution in [1.82, 2.24) is 10.2 Å². The second kappa shape index (κ2) is 6.89. The number of methoxy groups -OCH3 is 1. The lowest BCUT2D eigenvalue weighted by atomic mass is 10.1. The van der Waals surface area contributed by atoms with Gasteiger partial charge in [-0.25, -0.2) is 0 Å². The number of likely N-dealkylation sites (N-methyl/N-ethyl adjacent to an activating group) is 1. The summed E-state index contributed by atoms with van der Waals surface area (Å²) in [6.45, 7) is 5.90. The first-order valence-corrected chi connectivity index (χ1v) is 7.01. The molecule has 1 aliphatic rings. The van der Waals surface area contributed by atoms with Crippen molar-refractivity contribution in [2.45, 2.75) is 25.5 Å². The summed E-state index contributed by atoms with van der Waals surface area (Å²) in [6.07, 6.45) is 0.703. The molecule has 0 radical (unpaired) electrons. The monoisotopic (exact) mass is 264 g/mol. The number of ether oxygens (including phenoxy) is 1. The van der Waals surface area contributed by atoms with Crippen LogP contribution in [-0.2, 0) is 0 Å². The smallest absolute Gasteiger partial charge is 0.119 e. The molecule has 4 nitrogen and oxygen atoms in total. The van der Waals surface area contributed by atoms with Crippen LogP contribution in [0.5, 0.6) is 5.75 Å². The van der Waals surface area contributed by atoms with E-state index in [4.69, 9.17) is 4.74 Å². The fourth-order valence-electron chi connectivity index (χ4n) is 2.66. The van der Waals surface area contributed by atoms with Gasteiger partial charge in [-0.1, -0.05) is 19.1 Å². The van der Waals surface area contributed by atoms with Crippen molar-refractivity contribution < 1.29 is 9.84 Å². The van der Waals surface area contributed by atoms with Gasteiger partial charge in [0.2, 0.25) is 0 Å². The zero-order valence-electron chi connectivity index (χ0n) is 11.8. The Hall–Kier alpha value is -1.10. The van der Waals surface area contributed by atoms with Gasteiger partial charge >= 0.3 is 0 Å². The lowest BCUT2D eigenvalue weighted by Crippen LogP contribution is -2.39. The molecule has 19 heavy (non-hydrogen) atoms. The van der Waals surface area contributed by atoms with E-state index in [0.29, 0.717) is 12.6 Å². The van der Waals surface area contributed by atoms with Crippen LogP contribution in [0.25, 0.3) is 0 Å². The van der Waals surface area contributed by atoms with E-state index in [2.05, 4.69) is 17.1 Å². The van der Waals surface area contributed by atoms with E-state index in [-0.39, 0.29) is 0 Å². The van der Waals surface area contributed by atoms with Gasteiger partial charge in [-0.3, -0.25) is 4.90 Å². The number of hydrogen-bond acceptors (Lipinski definition) is 4. The van der Waals surface area contributed by atoms with Gasteiger partial charge < -0.3 is 15.2 Å². The Morgan fingerprint density at radius 1 is 1.53 bits per heavy atom. The summed E-state index contributed by atoms with van der Waals surface area (Å²) >= 11 is 0. The molecule has 0 amide bonds. The fourth-order valence-corrected chi connectivity index (χ4v) is 2.66. The van der Waals surface area contributed by atoms with Crippen LogP contribution in [-0.4, -0.2) is 49.3 Å². The molecular formula is C15H24N2O2. The van der Waals surface area contributed by atoms with Gasteiger partial charge in [0.15, 0.2) is 0 Å². The summed E-state index contributed by atoms with van der Waals surface area (Å²) < 4.78 is 5.20. The van der Waals surface area contributed by atoms with Crippen LogP contribution in [0, 0.1) is 0 Å². The van der Waals surface area contributed by atoms with E-state index < -0.39 is 6.10 Å². The minimum Gasteiger partial charge on any atom is -0.497 e. The Bertz CT molecular complexity index is 391. The molecule has 2 unspecified atom stereocenters. The molecule has 2 rings (SSSR count). The summed E-state index contributed by atoms with van der Waals surface area (Å²) in [5.41, 5.74) is 0.920. The van der Waals surface area contributed by atoms with E-state index in [9.17, 15) is 5.11 Å². The third-order valence-electron chi connectivity index (χ3n) is 3.84. The minimum absolute atomic E-state index is 0.462. The van der Waals surface area contributed by atoms with E-state index in [0.717, 1.165) is 30.9 Å². The van der Waals surface area contributed by atoms with Gasteiger partial charge in [-0.15, -0.1) is 0 Å². The molecule has 0 spiro atoms. The summed E-state index contributed by atoms with van der Waals surface area (Å²) in [7, 11) is 1.65. The van der Waals surface area contributed by atoms with E-state index in [1.54, 1.807) is 7.11 Å². The molecule has 0 saturated carbocycles. The zero-order valence-corrected chi connectivity index (χ0v) is 11.8. The van der Waals surface area contributed by atoms with Crippen LogP contribution in [0.3, 0.4) is 0 Å². The highest BCUT2D eigenvalue weighted by Crippen LogP contribution is 2.21. The van der Waals surface area contributed by atoms with Gasteiger partial charge in [-0.2, -0.15) is 0 Å². The molecule has 2 N–H and O–H groups in total. The van der Waals surface area contributed by atoms with Crippen LogP contribution < -0.4 is 10.1 Å². The maximum Gasteiger partial charge on any atom is 0.119 e. The molecular weight excluding hydrogens is 240 g/mol. The predicted octanol–water partition coefficient (Wildman–Crippen LogP) is 1.41. The van der Waals surface area contributed by atoms with E-state index in [1.807, 2.05) is 24.3 Å². The lowest BCUT2D eigenvalue weighted by Gasteiger charge is -2.29. The van der Waals surface area contributed by atoms with Crippen LogP contribution in [0.1, 0.15) is 25.0 Å².